The highest BCUT2D eigenvalue weighted by atomic mass is 32.1. The van der Waals surface area contributed by atoms with Crippen molar-refractivity contribution in [2.24, 2.45) is 11.8 Å². The zero-order valence-electron chi connectivity index (χ0n) is 18.7. The molecule has 174 valence electrons. The summed E-state index contributed by atoms with van der Waals surface area (Å²) in [7, 11) is 0. The molecule has 2 heterocycles. The second-order valence-electron chi connectivity index (χ2n) is 7.85. The van der Waals surface area contributed by atoms with Gasteiger partial charge in [-0.3, -0.25) is 14.4 Å². The predicted octanol–water partition coefficient (Wildman–Crippen LogP) is 3.83. The van der Waals surface area contributed by atoms with Crippen LogP contribution in [0.5, 0.6) is 0 Å². The molecule has 0 radical (unpaired) electrons. The topological polar surface area (TPSA) is 108 Å². The van der Waals surface area contributed by atoms with Crippen molar-refractivity contribution in [3.05, 3.63) is 52.3 Å². The van der Waals surface area contributed by atoms with Crippen molar-refractivity contribution in [3.8, 4) is 0 Å². The Hall–Kier alpha value is -3.29. The molecule has 0 amide bonds. The molecular formula is C23H25N3O6S. The SMILES string of the molecule is [C-]#[N+]c1ccc(C(=O)c2cnc(N[C@H]3OC(COC(C)=O)[C@@H](C)[C@H](C)C3OC(C)=O)s2)cc1. The van der Waals surface area contributed by atoms with Gasteiger partial charge in [-0.05, 0) is 5.92 Å². The number of nitrogens with zero attached hydrogens (tertiary/aromatic N) is 2. The van der Waals surface area contributed by atoms with Crippen molar-refractivity contribution in [2.75, 3.05) is 11.9 Å². The first kappa shape index (κ1) is 24.4. The summed E-state index contributed by atoms with van der Waals surface area (Å²) < 4.78 is 16.8. The average Bonchev–Trinajstić information content (AvgIpc) is 3.25. The van der Waals surface area contributed by atoms with Crippen molar-refractivity contribution < 1.29 is 28.6 Å². The molecular weight excluding hydrogens is 446 g/mol. The van der Waals surface area contributed by atoms with Gasteiger partial charge in [0, 0.05) is 25.3 Å². The minimum Gasteiger partial charge on any atom is -0.463 e. The van der Waals surface area contributed by atoms with Gasteiger partial charge in [-0.1, -0.05) is 49.4 Å². The molecule has 1 aliphatic heterocycles. The van der Waals surface area contributed by atoms with Gasteiger partial charge < -0.3 is 19.5 Å². The first-order chi connectivity index (χ1) is 15.7. The van der Waals surface area contributed by atoms with Gasteiger partial charge >= 0.3 is 11.9 Å². The molecule has 1 aromatic carbocycles. The van der Waals surface area contributed by atoms with Crippen LogP contribution in [0.2, 0.25) is 0 Å². The quantitative estimate of drug-likeness (QED) is 0.369. The normalized spacial score (nSPS) is 24.4. The number of rotatable bonds is 7. The summed E-state index contributed by atoms with van der Waals surface area (Å²) >= 11 is 1.14. The molecule has 3 rings (SSSR count). The van der Waals surface area contributed by atoms with Crippen molar-refractivity contribution >= 4 is 39.9 Å². The number of ketones is 1. The summed E-state index contributed by atoms with van der Waals surface area (Å²) in [5, 5.41) is 3.55. The van der Waals surface area contributed by atoms with Crippen molar-refractivity contribution in [2.45, 2.75) is 46.1 Å². The Morgan fingerprint density at radius 2 is 1.85 bits per heavy atom. The lowest BCUT2D eigenvalue weighted by molar-refractivity contribution is -0.197. The van der Waals surface area contributed by atoms with E-state index in [0.29, 0.717) is 21.3 Å². The lowest BCUT2D eigenvalue weighted by Crippen LogP contribution is -2.55. The Morgan fingerprint density at radius 1 is 1.15 bits per heavy atom. The zero-order chi connectivity index (χ0) is 24.1. The van der Waals surface area contributed by atoms with Crippen molar-refractivity contribution in [1.82, 2.24) is 4.98 Å². The third-order valence-electron chi connectivity index (χ3n) is 5.56. The van der Waals surface area contributed by atoms with E-state index in [1.165, 1.54) is 20.0 Å². The molecule has 1 fully saturated rings. The van der Waals surface area contributed by atoms with Gasteiger partial charge in [-0.25, -0.2) is 9.83 Å². The third kappa shape index (κ3) is 5.94. The zero-order valence-corrected chi connectivity index (χ0v) is 19.5. The lowest BCUT2D eigenvalue weighted by atomic mass is 9.83. The number of anilines is 1. The van der Waals surface area contributed by atoms with Crippen LogP contribution in [0.1, 0.15) is 42.9 Å². The number of ether oxygens (including phenoxy) is 3. The van der Waals surface area contributed by atoms with E-state index in [0.717, 1.165) is 11.3 Å². The number of carbonyl (C=O) groups excluding carboxylic acids is 3. The molecule has 33 heavy (non-hydrogen) atoms. The molecule has 0 spiro atoms. The Bertz CT molecular complexity index is 1060. The minimum atomic E-state index is -0.743. The van der Waals surface area contributed by atoms with Crippen LogP contribution in [0.3, 0.4) is 0 Å². The Balaban J connectivity index is 1.77. The number of benzene rings is 1. The second kappa shape index (κ2) is 10.6. The Kier molecular flexibility index (Phi) is 7.79. The summed E-state index contributed by atoms with van der Waals surface area (Å²) in [6.45, 7) is 13.6. The number of nitrogens with one attached hydrogen (secondary N) is 1. The molecule has 1 saturated heterocycles. The maximum atomic E-state index is 12.8. The van der Waals surface area contributed by atoms with Gasteiger partial charge in [0.15, 0.2) is 17.0 Å². The first-order valence-electron chi connectivity index (χ1n) is 10.4. The van der Waals surface area contributed by atoms with Crippen molar-refractivity contribution in [1.29, 1.82) is 0 Å². The summed E-state index contributed by atoms with van der Waals surface area (Å²) in [4.78, 5) is 43.7. The fourth-order valence-corrected chi connectivity index (χ4v) is 4.37. The van der Waals surface area contributed by atoms with E-state index >= 15 is 0 Å². The number of hydrogen-bond donors (Lipinski definition) is 1. The molecule has 10 heteroatoms. The van der Waals surface area contributed by atoms with E-state index in [4.69, 9.17) is 20.8 Å². The van der Waals surface area contributed by atoms with Crippen molar-refractivity contribution in [3.63, 3.8) is 0 Å². The number of esters is 2. The van der Waals surface area contributed by atoms with Crippen LogP contribution in [0.15, 0.2) is 30.5 Å². The number of aromatic nitrogens is 1. The first-order valence-corrected chi connectivity index (χ1v) is 11.2. The number of hydrogen-bond acceptors (Lipinski definition) is 9. The molecule has 0 bridgehead atoms. The summed E-state index contributed by atoms with van der Waals surface area (Å²) in [5.74, 6) is -1.20. The summed E-state index contributed by atoms with van der Waals surface area (Å²) in [5.41, 5.74) is 0.907. The maximum Gasteiger partial charge on any atom is 0.303 e. The van der Waals surface area contributed by atoms with Gasteiger partial charge in [-0.2, -0.15) is 0 Å². The standard InChI is InChI=1S/C23H25N3O6S/c1-12-13(2)21(31-15(4)28)22(32-18(12)11-30-14(3)27)26-23-25-10-19(33-23)20(29)16-6-8-17(24-5)9-7-16/h6-10,12-13,18,21-22H,11H2,1-4H3,(H,25,26)/t12-,13-,18?,21?,22-/m0/s1. The van der Waals surface area contributed by atoms with E-state index in [9.17, 15) is 14.4 Å². The predicted molar refractivity (Wildman–Crippen MR) is 121 cm³/mol. The minimum absolute atomic E-state index is 0.0430. The molecule has 2 unspecified atom stereocenters. The van der Waals surface area contributed by atoms with Gasteiger partial charge in [0.25, 0.3) is 0 Å². The van der Waals surface area contributed by atoms with Gasteiger partial charge in [0.05, 0.1) is 23.8 Å². The van der Waals surface area contributed by atoms with E-state index in [1.807, 2.05) is 13.8 Å². The molecule has 9 nitrogen and oxygen atoms in total. The van der Waals surface area contributed by atoms with Crippen LogP contribution < -0.4 is 5.32 Å². The van der Waals surface area contributed by atoms with Gasteiger partial charge in [0.1, 0.15) is 12.7 Å². The Labute approximate surface area is 195 Å². The fourth-order valence-electron chi connectivity index (χ4n) is 3.57. The molecule has 1 aliphatic rings. The highest BCUT2D eigenvalue weighted by Crippen LogP contribution is 2.34. The molecule has 0 saturated carbocycles. The third-order valence-corrected chi connectivity index (χ3v) is 6.49. The number of thiazole rings is 1. The largest absolute Gasteiger partial charge is 0.463 e. The lowest BCUT2D eigenvalue weighted by Gasteiger charge is -2.43. The van der Waals surface area contributed by atoms with Crippen LogP contribution in [-0.2, 0) is 23.8 Å². The van der Waals surface area contributed by atoms with Crippen LogP contribution in [0, 0.1) is 18.4 Å². The molecule has 1 N–H and O–H groups in total. The van der Waals surface area contributed by atoms with E-state index in [1.54, 1.807) is 24.3 Å². The molecule has 5 atom stereocenters. The van der Waals surface area contributed by atoms with Crippen LogP contribution in [0.4, 0.5) is 10.8 Å². The molecule has 1 aromatic heterocycles. The monoisotopic (exact) mass is 471 g/mol. The highest BCUT2D eigenvalue weighted by Gasteiger charge is 2.44. The smallest absolute Gasteiger partial charge is 0.303 e. The summed E-state index contributed by atoms with van der Waals surface area (Å²) in [6, 6.07) is 6.38. The van der Waals surface area contributed by atoms with E-state index < -0.39 is 30.4 Å². The highest BCUT2D eigenvalue weighted by molar-refractivity contribution is 7.17. The summed E-state index contributed by atoms with van der Waals surface area (Å²) in [6.07, 6.45) is -0.289. The van der Waals surface area contributed by atoms with Gasteiger partial charge in [0.2, 0.25) is 5.78 Å². The molecule has 0 aliphatic carbocycles. The average molecular weight is 472 g/mol. The number of carbonyl (C=O) groups is 3. The van der Waals surface area contributed by atoms with Crippen LogP contribution in [0.25, 0.3) is 4.85 Å². The van der Waals surface area contributed by atoms with Crippen LogP contribution in [-0.4, -0.2) is 47.7 Å². The van der Waals surface area contributed by atoms with E-state index in [-0.39, 0.29) is 24.2 Å². The molecule has 2 aromatic rings. The van der Waals surface area contributed by atoms with Crippen LogP contribution >= 0.6 is 11.3 Å². The fraction of sp³-hybridized carbons (Fsp3) is 0.435. The van der Waals surface area contributed by atoms with Gasteiger partial charge in [-0.15, -0.1) is 0 Å². The second-order valence-corrected chi connectivity index (χ2v) is 8.88. The Morgan fingerprint density at radius 3 is 2.45 bits per heavy atom. The maximum absolute atomic E-state index is 12.8. The van der Waals surface area contributed by atoms with E-state index in [2.05, 4.69) is 15.1 Å².